The van der Waals surface area contributed by atoms with Crippen LogP contribution in [0.5, 0.6) is 11.5 Å². The number of ether oxygens (including phenoxy) is 2. The number of hydrogen-bond donors (Lipinski definition) is 0. The van der Waals surface area contributed by atoms with Gasteiger partial charge in [0.2, 0.25) is 0 Å². The van der Waals surface area contributed by atoms with E-state index in [9.17, 15) is 4.79 Å². The van der Waals surface area contributed by atoms with Crippen LogP contribution in [-0.4, -0.2) is 38.0 Å². The normalized spacial score (nSPS) is 24.4. The minimum Gasteiger partial charge on any atom is -0.493 e. The first-order valence-electron chi connectivity index (χ1n) is 11.4. The number of fused-ring (bicyclic) bond motifs is 1. The second kappa shape index (κ2) is 8.36. The summed E-state index contributed by atoms with van der Waals surface area (Å²) in [5, 5.41) is 0. The highest BCUT2D eigenvalue weighted by Gasteiger charge is 2.34. The van der Waals surface area contributed by atoms with E-state index < -0.39 is 5.89 Å². The number of nitrogens with zero attached hydrogens (tertiary/aromatic N) is 1. The molecule has 0 amide bonds. The first-order chi connectivity index (χ1) is 14.9. The van der Waals surface area contributed by atoms with E-state index >= 15 is 0 Å². The van der Waals surface area contributed by atoms with Crippen molar-refractivity contribution in [2.24, 2.45) is 11.8 Å². The Morgan fingerprint density at radius 2 is 1.79 bits per heavy atom. The Morgan fingerprint density at radius 1 is 1.11 bits per heavy atom. The molecule has 2 aromatic carbocycles. The summed E-state index contributed by atoms with van der Waals surface area (Å²) < 4.78 is 36.4. The summed E-state index contributed by atoms with van der Waals surface area (Å²) in [6.45, 7) is 2.82. The molecule has 0 spiro atoms. The highest BCUT2D eigenvalue weighted by molar-refractivity contribution is 6.02. The number of benzene rings is 2. The lowest BCUT2D eigenvalue weighted by Gasteiger charge is -2.32. The fourth-order valence-electron chi connectivity index (χ4n) is 4.29. The molecule has 1 aliphatic heterocycles. The number of ketones is 1. The molecule has 1 atom stereocenters. The predicted molar refractivity (Wildman–Crippen MR) is 110 cm³/mol. The zero-order chi connectivity index (χ0) is 22.2. The van der Waals surface area contributed by atoms with Crippen LogP contribution >= 0.6 is 0 Å². The Hall–Kier alpha value is -2.33. The van der Waals surface area contributed by atoms with Gasteiger partial charge in [0.05, 0.1) is 17.0 Å². The first-order valence-corrected chi connectivity index (χ1v) is 9.93. The maximum absolute atomic E-state index is 13.2. The van der Waals surface area contributed by atoms with Gasteiger partial charge in [0, 0.05) is 19.4 Å². The van der Waals surface area contributed by atoms with Gasteiger partial charge in [-0.2, -0.15) is 0 Å². The smallest absolute Gasteiger partial charge is 0.166 e. The van der Waals surface area contributed by atoms with Gasteiger partial charge in [-0.15, -0.1) is 0 Å². The highest BCUT2D eigenvalue weighted by Crippen LogP contribution is 2.39. The van der Waals surface area contributed by atoms with E-state index in [0.29, 0.717) is 12.0 Å². The van der Waals surface area contributed by atoms with Crippen molar-refractivity contribution in [1.29, 1.82) is 0 Å². The SMILES string of the molecule is [2H]c1c2c(c([2H])c(OC)c1OC)C(=O)C([2H])(CC1CCN(Cc3ccccc3)CC1)C2. The largest absolute Gasteiger partial charge is 0.493 e. The Kier molecular flexibility index (Phi) is 4.65. The van der Waals surface area contributed by atoms with Crippen LogP contribution in [0.25, 0.3) is 0 Å². The Balaban J connectivity index is 1.46. The van der Waals surface area contributed by atoms with E-state index in [1.807, 2.05) is 6.07 Å². The summed E-state index contributed by atoms with van der Waals surface area (Å²) in [7, 11) is 2.83. The Morgan fingerprint density at radius 3 is 2.46 bits per heavy atom. The third-order valence-corrected chi connectivity index (χ3v) is 5.85. The third kappa shape index (κ3) is 3.93. The molecule has 0 N–H and O–H groups in total. The Labute approximate surface area is 171 Å². The van der Waals surface area contributed by atoms with Crippen LogP contribution in [0.15, 0.2) is 42.4 Å². The van der Waals surface area contributed by atoms with Gasteiger partial charge in [0.15, 0.2) is 17.3 Å². The molecule has 1 unspecified atom stereocenters. The van der Waals surface area contributed by atoms with Crippen LogP contribution in [0.3, 0.4) is 0 Å². The average Bonchev–Trinajstić information content (AvgIpc) is 3.03. The highest BCUT2D eigenvalue weighted by atomic mass is 16.5. The van der Waals surface area contributed by atoms with Crippen molar-refractivity contribution in [3.8, 4) is 11.5 Å². The van der Waals surface area contributed by atoms with Crippen molar-refractivity contribution in [1.82, 2.24) is 4.90 Å². The summed E-state index contributed by atoms with van der Waals surface area (Å²) in [5.74, 6) is -1.13. The minimum atomic E-state index is -1.32. The minimum absolute atomic E-state index is 0.0607. The van der Waals surface area contributed by atoms with Crippen molar-refractivity contribution >= 4 is 5.78 Å². The number of likely N-dealkylation sites (tertiary alicyclic amines) is 1. The van der Waals surface area contributed by atoms with Gasteiger partial charge in [-0.1, -0.05) is 30.3 Å². The number of methoxy groups -OCH3 is 2. The number of carbonyl (C=O) groups is 1. The molecule has 4 nitrogen and oxygen atoms in total. The average molecular weight is 383 g/mol. The van der Waals surface area contributed by atoms with Crippen molar-refractivity contribution < 1.29 is 18.4 Å². The van der Waals surface area contributed by atoms with Gasteiger partial charge < -0.3 is 9.47 Å². The van der Waals surface area contributed by atoms with Gasteiger partial charge in [0.25, 0.3) is 0 Å². The van der Waals surface area contributed by atoms with Gasteiger partial charge in [0.1, 0.15) is 0 Å². The molecule has 1 fully saturated rings. The van der Waals surface area contributed by atoms with Crippen molar-refractivity contribution in [2.75, 3.05) is 27.3 Å². The molecular weight excluding hydrogens is 350 g/mol. The third-order valence-electron chi connectivity index (χ3n) is 5.85. The molecule has 148 valence electrons. The Bertz CT molecular complexity index is 974. The number of carbonyl (C=O) groups excluding carboxylic acids is 1. The van der Waals surface area contributed by atoms with Gasteiger partial charge in [-0.05, 0) is 67.9 Å². The van der Waals surface area contributed by atoms with E-state index in [1.54, 1.807) is 0 Å². The summed E-state index contributed by atoms with van der Waals surface area (Å²) in [6, 6.07) is 10.4. The molecule has 0 aromatic heterocycles. The summed E-state index contributed by atoms with van der Waals surface area (Å²) in [6.07, 6.45) is 2.52. The van der Waals surface area contributed by atoms with E-state index in [-0.39, 0.29) is 47.3 Å². The molecule has 1 heterocycles. The molecule has 4 heteroatoms. The van der Waals surface area contributed by atoms with Crippen molar-refractivity contribution in [3.63, 3.8) is 0 Å². The standard InChI is InChI=1S/C24H29NO3/c1-27-22-14-19-13-20(24(26)21(19)15-23(22)28-2)12-17-8-10-25(11-9-17)16-18-6-4-3-5-7-18/h3-7,14-15,17,20H,8-13,16H2,1-2H3/i14D,15D,20D. The molecule has 0 bridgehead atoms. The molecule has 4 rings (SSSR count). The van der Waals surface area contributed by atoms with Crippen LogP contribution in [0.1, 0.15) is 44.9 Å². The van der Waals surface area contributed by atoms with Gasteiger partial charge in [-0.3, -0.25) is 9.69 Å². The molecule has 2 aromatic rings. The monoisotopic (exact) mass is 382 g/mol. The number of Topliss-reactive ketones (excluding diaryl/α,β-unsaturated/α-hetero) is 1. The fourth-order valence-corrected chi connectivity index (χ4v) is 4.29. The lowest BCUT2D eigenvalue weighted by molar-refractivity contribution is 0.0895. The lowest BCUT2D eigenvalue weighted by Crippen LogP contribution is -2.34. The van der Waals surface area contributed by atoms with Gasteiger partial charge in [-0.25, -0.2) is 0 Å². The van der Waals surface area contributed by atoms with E-state index in [2.05, 4.69) is 29.2 Å². The molecule has 0 saturated carbocycles. The molecule has 1 saturated heterocycles. The van der Waals surface area contributed by atoms with Crippen LogP contribution in [0, 0.1) is 11.8 Å². The zero-order valence-corrected chi connectivity index (χ0v) is 16.6. The number of piperidine rings is 1. The molecule has 1 aliphatic carbocycles. The van der Waals surface area contributed by atoms with E-state index in [4.69, 9.17) is 13.6 Å². The van der Waals surface area contributed by atoms with E-state index in [0.717, 1.165) is 32.5 Å². The molecule has 0 radical (unpaired) electrons. The van der Waals surface area contributed by atoms with Gasteiger partial charge >= 0.3 is 0 Å². The van der Waals surface area contributed by atoms with Crippen LogP contribution in [-0.2, 0) is 13.0 Å². The topological polar surface area (TPSA) is 38.8 Å². The fraction of sp³-hybridized carbons (Fsp3) is 0.458. The molecular formula is C24H29NO3. The predicted octanol–water partition coefficient (Wildman–Crippen LogP) is 4.36. The lowest BCUT2D eigenvalue weighted by atomic mass is 9.85. The summed E-state index contributed by atoms with van der Waals surface area (Å²) in [4.78, 5) is 15.7. The second-order valence-electron chi connectivity index (χ2n) is 7.69. The van der Waals surface area contributed by atoms with Crippen LogP contribution in [0.2, 0.25) is 0 Å². The van der Waals surface area contributed by atoms with Crippen molar-refractivity contribution in [2.45, 2.75) is 32.2 Å². The molecule has 28 heavy (non-hydrogen) atoms. The maximum atomic E-state index is 13.2. The summed E-state index contributed by atoms with van der Waals surface area (Å²) >= 11 is 0. The number of rotatable bonds is 6. The zero-order valence-electron chi connectivity index (χ0n) is 19.6. The maximum Gasteiger partial charge on any atom is 0.166 e. The molecule has 2 aliphatic rings. The number of hydrogen-bond acceptors (Lipinski definition) is 4. The van der Waals surface area contributed by atoms with Crippen LogP contribution < -0.4 is 9.47 Å². The first kappa shape index (κ1) is 15.6. The summed E-state index contributed by atoms with van der Waals surface area (Å²) in [5.41, 5.74) is 1.91. The van der Waals surface area contributed by atoms with Crippen LogP contribution in [0.4, 0.5) is 0 Å². The van der Waals surface area contributed by atoms with E-state index in [1.165, 1.54) is 19.8 Å². The van der Waals surface area contributed by atoms with Crippen molar-refractivity contribution in [3.05, 3.63) is 59.1 Å². The second-order valence-corrected chi connectivity index (χ2v) is 7.69. The quantitative estimate of drug-likeness (QED) is 0.744.